The maximum absolute atomic E-state index is 11.7. The summed E-state index contributed by atoms with van der Waals surface area (Å²) < 4.78 is 0. The average Bonchev–Trinajstić information content (AvgIpc) is 2.17. The lowest BCUT2D eigenvalue weighted by molar-refractivity contribution is -0.131. The number of nitrogens with zero attached hydrogens (tertiary/aromatic N) is 1. The molecule has 3 heteroatoms. The first-order chi connectivity index (χ1) is 6.74. The topological polar surface area (TPSA) is 20.3 Å². The van der Waals surface area contributed by atoms with Gasteiger partial charge in [-0.1, -0.05) is 19.4 Å². The van der Waals surface area contributed by atoms with E-state index in [0.29, 0.717) is 18.7 Å². The zero-order valence-corrected chi connectivity index (χ0v) is 9.56. The van der Waals surface area contributed by atoms with Gasteiger partial charge in [0, 0.05) is 25.3 Å². The molecule has 0 N–H and O–H groups in total. The van der Waals surface area contributed by atoms with Crippen LogP contribution in [0.3, 0.4) is 0 Å². The third kappa shape index (κ3) is 3.74. The summed E-state index contributed by atoms with van der Waals surface area (Å²) in [6.07, 6.45) is 5.33. The monoisotopic (exact) mass is 213 g/mol. The maximum atomic E-state index is 11.7. The smallest absolute Gasteiger partial charge is 0.222 e. The van der Waals surface area contributed by atoms with Gasteiger partial charge >= 0.3 is 0 Å². The highest BCUT2D eigenvalue weighted by molar-refractivity contribution is 7.80. The Kier molecular flexibility index (Phi) is 5.09. The van der Waals surface area contributed by atoms with Gasteiger partial charge in [-0.05, 0) is 18.4 Å². The SMILES string of the molecule is C=C(CS)CN1CCCCCCC1=O. The number of thiol groups is 1. The lowest BCUT2D eigenvalue weighted by Crippen LogP contribution is -2.34. The van der Waals surface area contributed by atoms with Gasteiger partial charge in [0.05, 0.1) is 0 Å². The Balaban J connectivity index is 2.45. The van der Waals surface area contributed by atoms with Gasteiger partial charge in [-0.25, -0.2) is 0 Å². The molecule has 0 aliphatic carbocycles. The summed E-state index contributed by atoms with van der Waals surface area (Å²) in [6.45, 7) is 5.48. The van der Waals surface area contributed by atoms with Crippen LogP contribution in [0.1, 0.15) is 32.1 Å². The molecule has 0 saturated carbocycles. The van der Waals surface area contributed by atoms with Crippen LogP contribution < -0.4 is 0 Å². The van der Waals surface area contributed by atoms with E-state index in [1.807, 2.05) is 4.90 Å². The van der Waals surface area contributed by atoms with Crippen molar-refractivity contribution in [1.29, 1.82) is 0 Å². The van der Waals surface area contributed by atoms with Gasteiger partial charge in [0.15, 0.2) is 0 Å². The van der Waals surface area contributed by atoms with E-state index in [4.69, 9.17) is 0 Å². The van der Waals surface area contributed by atoms with Gasteiger partial charge in [0.2, 0.25) is 5.91 Å². The lowest BCUT2D eigenvalue weighted by atomic mass is 10.1. The van der Waals surface area contributed by atoms with Crippen molar-refractivity contribution < 1.29 is 4.79 Å². The van der Waals surface area contributed by atoms with Crippen LogP contribution in [0.4, 0.5) is 0 Å². The van der Waals surface area contributed by atoms with E-state index in [-0.39, 0.29) is 5.91 Å². The zero-order chi connectivity index (χ0) is 10.4. The molecule has 0 unspecified atom stereocenters. The standard InChI is InChI=1S/C11H19NOS/c1-10(9-14)8-12-7-5-3-2-4-6-11(12)13/h14H,1-9H2. The van der Waals surface area contributed by atoms with Crippen LogP contribution in [0.15, 0.2) is 12.2 Å². The summed E-state index contributed by atoms with van der Waals surface area (Å²) >= 11 is 4.16. The molecule has 14 heavy (non-hydrogen) atoms. The number of likely N-dealkylation sites (tertiary alicyclic amines) is 1. The minimum absolute atomic E-state index is 0.285. The third-order valence-electron chi connectivity index (χ3n) is 2.56. The molecule has 1 aliphatic rings. The normalized spacial score (nSPS) is 18.9. The molecule has 2 nitrogen and oxygen atoms in total. The van der Waals surface area contributed by atoms with Crippen molar-refractivity contribution in [2.45, 2.75) is 32.1 Å². The molecule has 1 aliphatic heterocycles. The van der Waals surface area contributed by atoms with E-state index in [1.54, 1.807) is 0 Å². The van der Waals surface area contributed by atoms with Gasteiger partial charge in [-0.3, -0.25) is 4.79 Å². The van der Waals surface area contributed by atoms with Crippen molar-refractivity contribution in [3.63, 3.8) is 0 Å². The Hall–Kier alpha value is -0.440. The molecule has 1 rings (SSSR count). The highest BCUT2D eigenvalue weighted by Gasteiger charge is 2.15. The fraction of sp³-hybridized carbons (Fsp3) is 0.727. The first-order valence-corrected chi connectivity index (χ1v) is 5.92. The van der Waals surface area contributed by atoms with E-state index in [9.17, 15) is 4.79 Å². The van der Waals surface area contributed by atoms with E-state index >= 15 is 0 Å². The second-order valence-electron chi connectivity index (χ2n) is 3.89. The van der Waals surface area contributed by atoms with E-state index in [1.165, 1.54) is 12.8 Å². The van der Waals surface area contributed by atoms with Crippen LogP contribution >= 0.6 is 12.6 Å². The van der Waals surface area contributed by atoms with E-state index < -0.39 is 0 Å². The van der Waals surface area contributed by atoms with Gasteiger partial charge in [0.1, 0.15) is 0 Å². The zero-order valence-electron chi connectivity index (χ0n) is 8.67. The number of carbonyl (C=O) groups excluding carboxylic acids is 1. The Bertz CT molecular complexity index is 215. The van der Waals surface area contributed by atoms with Crippen LogP contribution in [0.25, 0.3) is 0 Å². The van der Waals surface area contributed by atoms with Crippen LogP contribution in [0, 0.1) is 0 Å². The molecule has 0 aromatic rings. The van der Waals surface area contributed by atoms with Crippen molar-refractivity contribution in [2.24, 2.45) is 0 Å². The summed E-state index contributed by atoms with van der Waals surface area (Å²) in [5.74, 6) is 0.955. The van der Waals surface area contributed by atoms with Gasteiger partial charge in [0.25, 0.3) is 0 Å². The number of amides is 1. The van der Waals surface area contributed by atoms with Crippen molar-refractivity contribution in [3.05, 3.63) is 12.2 Å². The maximum Gasteiger partial charge on any atom is 0.222 e. The molecule has 0 aromatic heterocycles. The van der Waals surface area contributed by atoms with Crippen LogP contribution in [0.2, 0.25) is 0 Å². The Labute approximate surface area is 91.8 Å². The van der Waals surface area contributed by atoms with Crippen LogP contribution in [-0.2, 0) is 4.79 Å². The third-order valence-corrected chi connectivity index (χ3v) is 3.01. The minimum Gasteiger partial charge on any atom is -0.339 e. The average molecular weight is 213 g/mol. The largest absolute Gasteiger partial charge is 0.339 e. The number of hydrogen-bond donors (Lipinski definition) is 1. The fourth-order valence-electron chi connectivity index (χ4n) is 1.70. The summed E-state index contributed by atoms with van der Waals surface area (Å²) in [5.41, 5.74) is 1.03. The van der Waals surface area contributed by atoms with Crippen molar-refractivity contribution >= 4 is 18.5 Å². The van der Waals surface area contributed by atoms with Crippen LogP contribution in [-0.4, -0.2) is 29.6 Å². The van der Waals surface area contributed by atoms with Crippen molar-refractivity contribution in [3.8, 4) is 0 Å². The van der Waals surface area contributed by atoms with E-state index in [0.717, 1.165) is 25.0 Å². The molecular weight excluding hydrogens is 194 g/mol. The molecule has 1 heterocycles. The first-order valence-electron chi connectivity index (χ1n) is 5.29. The quantitative estimate of drug-likeness (QED) is 0.563. The molecule has 0 bridgehead atoms. The first kappa shape index (κ1) is 11.6. The molecular formula is C11H19NOS. The molecule has 0 radical (unpaired) electrons. The predicted molar refractivity (Wildman–Crippen MR) is 62.7 cm³/mol. The Morgan fingerprint density at radius 3 is 2.79 bits per heavy atom. The lowest BCUT2D eigenvalue weighted by Gasteiger charge is -2.25. The Morgan fingerprint density at radius 2 is 2.07 bits per heavy atom. The Morgan fingerprint density at radius 1 is 1.36 bits per heavy atom. The molecule has 1 saturated heterocycles. The highest BCUT2D eigenvalue weighted by atomic mass is 32.1. The molecule has 80 valence electrons. The van der Waals surface area contributed by atoms with Gasteiger partial charge in [-0.15, -0.1) is 0 Å². The van der Waals surface area contributed by atoms with Crippen LogP contribution in [0.5, 0.6) is 0 Å². The second-order valence-corrected chi connectivity index (χ2v) is 4.20. The molecule has 1 amide bonds. The second kappa shape index (κ2) is 6.12. The van der Waals surface area contributed by atoms with Crippen molar-refractivity contribution in [2.75, 3.05) is 18.8 Å². The molecule has 0 spiro atoms. The minimum atomic E-state index is 0.285. The summed E-state index contributed by atoms with van der Waals surface area (Å²) in [7, 11) is 0. The summed E-state index contributed by atoms with van der Waals surface area (Å²) in [5, 5.41) is 0. The molecule has 1 fully saturated rings. The number of rotatable bonds is 3. The highest BCUT2D eigenvalue weighted by Crippen LogP contribution is 2.12. The van der Waals surface area contributed by atoms with Gasteiger partial charge in [-0.2, -0.15) is 12.6 Å². The molecule has 0 atom stereocenters. The summed E-state index contributed by atoms with van der Waals surface area (Å²) in [6, 6.07) is 0. The fourth-order valence-corrected chi connectivity index (χ4v) is 1.80. The van der Waals surface area contributed by atoms with Gasteiger partial charge < -0.3 is 4.90 Å². The van der Waals surface area contributed by atoms with Crippen molar-refractivity contribution in [1.82, 2.24) is 4.90 Å². The number of carbonyl (C=O) groups is 1. The van der Waals surface area contributed by atoms with E-state index in [2.05, 4.69) is 19.2 Å². The number of hydrogen-bond acceptors (Lipinski definition) is 2. The summed E-state index contributed by atoms with van der Waals surface area (Å²) in [4.78, 5) is 13.6. The predicted octanol–water partition coefficient (Wildman–Crippen LogP) is 2.27. The molecule has 0 aromatic carbocycles.